The molecular weight excluding hydrogens is 436 g/mol. The molecule has 1 aliphatic rings. The third-order valence-corrected chi connectivity index (χ3v) is 7.20. The molecule has 5 nitrogen and oxygen atoms in total. The van der Waals surface area contributed by atoms with Gasteiger partial charge in [0, 0.05) is 5.02 Å². The van der Waals surface area contributed by atoms with Crippen LogP contribution in [0.5, 0.6) is 5.75 Å². The number of carbonyl (C=O) groups excluding carboxylic acids is 1. The summed E-state index contributed by atoms with van der Waals surface area (Å²) in [5, 5.41) is 0.668. The zero-order valence-corrected chi connectivity index (χ0v) is 20.7. The fourth-order valence-corrected chi connectivity index (χ4v) is 5.18. The smallest absolute Gasteiger partial charge is 0.348 e. The van der Waals surface area contributed by atoms with Gasteiger partial charge in [-0.25, -0.2) is 13.9 Å². The Kier molecular flexibility index (Phi) is 7.28. The van der Waals surface area contributed by atoms with E-state index in [4.69, 9.17) is 21.1 Å². The highest BCUT2D eigenvalue weighted by atomic mass is 35.5. The monoisotopic (exact) mass is 469 g/mol. The number of para-hydroxylation sites is 2. The summed E-state index contributed by atoms with van der Waals surface area (Å²) in [6.45, 7) is 7.20. The van der Waals surface area contributed by atoms with Crippen LogP contribution in [0.1, 0.15) is 45.9 Å². The van der Waals surface area contributed by atoms with Crippen molar-refractivity contribution in [3.05, 3.63) is 59.4 Å². The summed E-state index contributed by atoms with van der Waals surface area (Å²) in [6.07, 6.45) is 3.27. The normalized spacial score (nSPS) is 20.8. The molecule has 176 valence electrons. The maximum absolute atomic E-state index is 13.2. The highest BCUT2D eigenvalue weighted by Gasteiger charge is 2.34. The van der Waals surface area contributed by atoms with Crippen LogP contribution in [0, 0.1) is 17.8 Å². The van der Waals surface area contributed by atoms with Gasteiger partial charge >= 0.3 is 5.97 Å². The molecule has 1 fully saturated rings. The number of nitrogens with zero attached hydrogens (tertiary/aromatic N) is 2. The van der Waals surface area contributed by atoms with Crippen molar-refractivity contribution in [1.29, 1.82) is 0 Å². The summed E-state index contributed by atoms with van der Waals surface area (Å²) in [5.41, 5.74) is 2.04. The summed E-state index contributed by atoms with van der Waals surface area (Å²) in [7, 11) is 2.00. The van der Waals surface area contributed by atoms with E-state index in [1.54, 1.807) is 12.1 Å². The Labute approximate surface area is 201 Å². The van der Waals surface area contributed by atoms with Crippen LogP contribution in [0.15, 0.2) is 48.5 Å². The molecule has 0 unspecified atom stereocenters. The van der Waals surface area contributed by atoms with Gasteiger partial charge in [-0.1, -0.05) is 50.9 Å². The number of esters is 1. The number of benzene rings is 2. The number of halogens is 1. The number of hydrogen-bond acceptors (Lipinski definition) is 3. The quantitative estimate of drug-likeness (QED) is 0.329. The number of aromatic nitrogens is 2. The Morgan fingerprint density at radius 2 is 1.88 bits per heavy atom. The average molecular weight is 470 g/mol. The van der Waals surface area contributed by atoms with Gasteiger partial charge in [0.15, 0.2) is 24.2 Å². The van der Waals surface area contributed by atoms with Crippen molar-refractivity contribution >= 4 is 28.6 Å². The molecule has 3 aromatic rings. The molecule has 0 N–H and O–H groups in total. The highest BCUT2D eigenvalue weighted by Crippen LogP contribution is 2.35. The largest absolute Gasteiger partial charge is 0.481 e. The molecular formula is C27H34ClN2O3+. The van der Waals surface area contributed by atoms with Crippen molar-refractivity contribution in [1.82, 2.24) is 4.57 Å². The van der Waals surface area contributed by atoms with Crippen molar-refractivity contribution in [3.63, 3.8) is 0 Å². The maximum Gasteiger partial charge on any atom is 0.348 e. The second kappa shape index (κ2) is 10.2. The number of ether oxygens (including phenoxy) is 2. The Morgan fingerprint density at radius 3 is 2.61 bits per heavy atom. The van der Waals surface area contributed by atoms with Crippen LogP contribution in [-0.4, -0.2) is 16.6 Å². The third-order valence-electron chi connectivity index (χ3n) is 6.95. The number of carbonyl (C=O) groups is 1. The third kappa shape index (κ3) is 5.35. The Hall–Kier alpha value is -2.53. The molecule has 1 heterocycles. The lowest BCUT2D eigenvalue weighted by molar-refractivity contribution is -0.655. The first-order chi connectivity index (χ1) is 15.8. The van der Waals surface area contributed by atoms with Gasteiger partial charge in [0.05, 0.1) is 7.05 Å². The van der Waals surface area contributed by atoms with Gasteiger partial charge in [0.25, 0.3) is 5.82 Å². The van der Waals surface area contributed by atoms with Crippen molar-refractivity contribution in [2.75, 3.05) is 0 Å². The van der Waals surface area contributed by atoms with Gasteiger partial charge in [0.1, 0.15) is 11.9 Å². The first kappa shape index (κ1) is 23.6. The molecule has 0 saturated heterocycles. The zero-order chi connectivity index (χ0) is 23.5. The zero-order valence-electron chi connectivity index (χ0n) is 20.0. The Balaban J connectivity index is 1.56. The first-order valence-corrected chi connectivity index (χ1v) is 12.2. The minimum atomic E-state index is -0.186. The van der Waals surface area contributed by atoms with Gasteiger partial charge in [0.2, 0.25) is 0 Å². The van der Waals surface area contributed by atoms with E-state index in [1.807, 2.05) is 41.9 Å². The van der Waals surface area contributed by atoms with E-state index in [0.717, 1.165) is 35.4 Å². The van der Waals surface area contributed by atoms with E-state index >= 15 is 0 Å². The minimum Gasteiger partial charge on any atom is -0.481 e. The van der Waals surface area contributed by atoms with Crippen molar-refractivity contribution in [2.24, 2.45) is 24.8 Å². The number of fused-ring (bicyclic) bond motifs is 1. The molecule has 0 radical (unpaired) electrons. The molecule has 1 aliphatic carbocycles. The van der Waals surface area contributed by atoms with Crippen molar-refractivity contribution in [3.8, 4) is 5.75 Å². The minimum absolute atomic E-state index is 0.00871. The molecule has 33 heavy (non-hydrogen) atoms. The standard InChI is InChI=1S/C27H34ClN2O3/c1-18(2)22-14-9-19(3)15-25(22)33-27(31)16-30-24-8-6-5-7-23(24)29(4)26(30)17-32-21-12-10-20(28)11-13-21/h5-8,10-13,18-19,22,25H,9,14-17H2,1-4H3/q+1/t19-,22-,25-/m1/s1. The van der Waals surface area contributed by atoms with Gasteiger partial charge in [-0.15, -0.1) is 0 Å². The molecule has 0 bridgehead atoms. The van der Waals surface area contributed by atoms with E-state index in [1.165, 1.54) is 6.42 Å². The van der Waals surface area contributed by atoms with E-state index in [-0.39, 0.29) is 18.6 Å². The fourth-order valence-electron chi connectivity index (χ4n) is 5.05. The summed E-state index contributed by atoms with van der Waals surface area (Å²) >= 11 is 5.99. The number of rotatable bonds is 7. The summed E-state index contributed by atoms with van der Waals surface area (Å²) < 4.78 is 16.2. The second-order valence-electron chi connectivity index (χ2n) is 9.65. The van der Waals surface area contributed by atoms with Crippen molar-refractivity contribution in [2.45, 2.75) is 59.3 Å². The number of aryl methyl sites for hydroxylation is 1. The predicted octanol–water partition coefficient (Wildman–Crippen LogP) is 5.70. The predicted molar refractivity (Wildman–Crippen MR) is 130 cm³/mol. The molecule has 1 saturated carbocycles. The van der Waals surface area contributed by atoms with Crippen LogP contribution in [0.2, 0.25) is 5.02 Å². The summed E-state index contributed by atoms with van der Waals surface area (Å²) in [4.78, 5) is 13.2. The molecule has 3 atom stereocenters. The van der Waals surface area contributed by atoms with Gasteiger partial charge < -0.3 is 9.47 Å². The SMILES string of the molecule is CC(C)[C@H]1CC[C@@H](C)C[C@H]1OC(=O)Cn1c(COc2ccc(Cl)cc2)[n+](C)c2ccccc21. The average Bonchev–Trinajstić information content (AvgIpc) is 3.04. The van der Waals surface area contributed by atoms with Crippen LogP contribution in [-0.2, 0) is 29.7 Å². The molecule has 0 aliphatic heterocycles. The van der Waals surface area contributed by atoms with Gasteiger partial charge in [-0.3, -0.25) is 0 Å². The Bertz CT molecular complexity index is 1110. The molecule has 6 heteroatoms. The molecule has 4 rings (SSSR count). The van der Waals surface area contributed by atoms with Crippen LogP contribution < -0.4 is 9.30 Å². The highest BCUT2D eigenvalue weighted by molar-refractivity contribution is 6.30. The number of hydrogen-bond donors (Lipinski definition) is 0. The van der Waals surface area contributed by atoms with Crippen LogP contribution in [0.25, 0.3) is 11.0 Å². The van der Waals surface area contributed by atoms with Crippen molar-refractivity contribution < 1.29 is 18.8 Å². The van der Waals surface area contributed by atoms with E-state index in [0.29, 0.717) is 29.4 Å². The lowest BCUT2D eigenvalue weighted by atomic mass is 9.75. The second-order valence-corrected chi connectivity index (χ2v) is 10.1. The van der Waals surface area contributed by atoms with Crippen LogP contribution in [0.3, 0.4) is 0 Å². The molecule has 2 aromatic carbocycles. The fraction of sp³-hybridized carbons (Fsp3) is 0.481. The Morgan fingerprint density at radius 1 is 1.15 bits per heavy atom. The van der Waals surface area contributed by atoms with E-state index in [2.05, 4.69) is 31.4 Å². The maximum atomic E-state index is 13.2. The van der Waals surface area contributed by atoms with E-state index in [9.17, 15) is 4.79 Å². The molecule has 0 spiro atoms. The first-order valence-electron chi connectivity index (χ1n) is 11.9. The van der Waals surface area contributed by atoms with Crippen LogP contribution in [0.4, 0.5) is 0 Å². The summed E-state index contributed by atoms with van der Waals surface area (Å²) in [6, 6.07) is 15.4. The lowest BCUT2D eigenvalue weighted by Gasteiger charge is -2.36. The number of imidazole rings is 1. The molecule has 0 amide bonds. The lowest BCUT2D eigenvalue weighted by Crippen LogP contribution is -2.37. The van der Waals surface area contributed by atoms with Crippen LogP contribution >= 0.6 is 11.6 Å². The topological polar surface area (TPSA) is 44.3 Å². The summed E-state index contributed by atoms with van der Waals surface area (Å²) in [5.74, 6) is 2.97. The van der Waals surface area contributed by atoms with Gasteiger partial charge in [-0.05, 0) is 67.0 Å². The molecule has 1 aromatic heterocycles. The van der Waals surface area contributed by atoms with Gasteiger partial charge in [-0.2, -0.15) is 0 Å². The van der Waals surface area contributed by atoms with E-state index < -0.39 is 0 Å².